The first-order valence-electron chi connectivity index (χ1n) is 5.80. The number of anilines is 1. The first-order chi connectivity index (χ1) is 9.42. The molecule has 2 N–H and O–H groups in total. The molecule has 20 heavy (non-hydrogen) atoms. The van der Waals surface area contributed by atoms with Crippen LogP contribution in [0.1, 0.15) is 17.3 Å². The second-order valence-corrected chi connectivity index (χ2v) is 5.66. The zero-order valence-corrected chi connectivity index (χ0v) is 11.5. The van der Waals surface area contributed by atoms with Crippen LogP contribution >= 0.6 is 0 Å². The highest BCUT2D eigenvalue weighted by Gasteiger charge is 2.17. The molecule has 0 aliphatic rings. The molecule has 0 saturated carbocycles. The van der Waals surface area contributed by atoms with E-state index in [0.717, 1.165) is 0 Å². The minimum absolute atomic E-state index is 0.0818. The van der Waals surface area contributed by atoms with Crippen molar-refractivity contribution in [3.63, 3.8) is 0 Å². The number of carboxylic acids is 1. The quantitative estimate of drug-likeness (QED) is 0.868. The van der Waals surface area contributed by atoms with E-state index in [1.807, 2.05) is 6.92 Å². The summed E-state index contributed by atoms with van der Waals surface area (Å²) in [6.07, 6.45) is 2.86. The van der Waals surface area contributed by atoms with E-state index < -0.39 is 16.0 Å². The van der Waals surface area contributed by atoms with Crippen LogP contribution < -0.4 is 4.72 Å². The number of hydrogen-bond donors (Lipinski definition) is 2. The predicted octanol–water partition coefficient (Wildman–Crippen LogP) is 1.40. The van der Waals surface area contributed by atoms with Crippen molar-refractivity contribution in [1.82, 2.24) is 9.55 Å². The molecule has 2 aromatic rings. The number of aromatic nitrogens is 2. The summed E-state index contributed by atoms with van der Waals surface area (Å²) in [6.45, 7) is 2.49. The number of carboxylic acid groups (broad SMARTS) is 1. The number of imidazole rings is 1. The normalized spacial score (nSPS) is 11.2. The minimum atomic E-state index is -3.77. The molecule has 0 spiro atoms. The van der Waals surface area contributed by atoms with E-state index in [2.05, 4.69) is 9.71 Å². The number of nitrogens with one attached hydrogen (secondary N) is 1. The van der Waals surface area contributed by atoms with Gasteiger partial charge in [-0.3, -0.25) is 4.72 Å². The topological polar surface area (TPSA) is 101 Å². The van der Waals surface area contributed by atoms with Gasteiger partial charge in [-0.05, 0) is 31.2 Å². The molecule has 1 aromatic carbocycles. The number of aryl methyl sites for hydroxylation is 1. The van der Waals surface area contributed by atoms with E-state index in [1.165, 1.54) is 36.8 Å². The predicted molar refractivity (Wildman–Crippen MR) is 72.1 cm³/mol. The fourth-order valence-corrected chi connectivity index (χ4v) is 2.55. The van der Waals surface area contributed by atoms with Gasteiger partial charge in [-0.15, -0.1) is 0 Å². The van der Waals surface area contributed by atoms with Gasteiger partial charge >= 0.3 is 5.97 Å². The highest BCUT2D eigenvalue weighted by Crippen LogP contribution is 2.15. The summed E-state index contributed by atoms with van der Waals surface area (Å²) in [7, 11) is -3.77. The largest absolute Gasteiger partial charge is 0.478 e. The van der Waals surface area contributed by atoms with Crippen LogP contribution in [-0.2, 0) is 16.6 Å². The molecule has 0 aliphatic carbocycles. The van der Waals surface area contributed by atoms with Crippen LogP contribution in [0.3, 0.4) is 0 Å². The number of rotatable bonds is 5. The molecule has 0 saturated heterocycles. The summed E-state index contributed by atoms with van der Waals surface area (Å²) in [5.74, 6) is -1.07. The van der Waals surface area contributed by atoms with Crippen molar-refractivity contribution >= 4 is 21.7 Å². The van der Waals surface area contributed by atoms with Gasteiger partial charge in [0, 0.05) is 18.4 Å². The summed E-state index contributed by atoms with van der Waals surface area (Å²) in [5.41, 5.74) is 0.365. The second-order valence-electron chi connectivity index (χ2n) is 4.03. The summed E-state index contributed by atoms with van der Waals surface area (Å²) in [4.78, 5) is 14.5. The van der Waals surface area contributed by atoms with Crippen LogP contribution in [0, 0.1) is 0 Å². The zero-order chi connectivity index (χ0) is 14.8. The SMILES string of the molecule is CCn1cnc(S(=O)(=O)Nc2ccc(C(=O)O)cc2)c1. The molecule has 0 bridgehead atoms. The van der Waals surface area contributed by atoms with Crippen LogP contribution in [0.5, 0.6) is 0 Å². The number of aromatic carboxylic acids is 1. The third-order valence-electron chi connectivity index (χ3n) is 2.63. The highest BCUT2D eigenvalue weighted by molar-refractivity contribution is 7.92. The Kier molecular flexibility index (Phi) is 3.75. The molecular formula is C12H13N3O4S. The van der Waals surface area contributed by atoms with Gasteiger partial charge in [0.25, 0.3) is 10.0 Å². The van der Waals surface area contributed by atoms with E-state index in [0.29, 0.717) is 6.54 Å². The Morgan fingerprint density at radius 3 is 2.50 bits per heavy atom. The van der Waals surface area contributed by atoms with Crippen LogP contribution in [-0.4, -0.2) is 29.0 Å². The minimum Gasteiger partial charge on any atom is -0.478 e. The van der Waals surface area contributed by atoms with Crippen LogP contribution in [0.25, 0.3) is 0 Å². The van der Waals surface area contributed by atoms with Crippen molar-refractivity contribution in [1.29, 1.82) is 0 Å². The van der Waals surface area contributed by atoms with Gasteiger partial charge in [0.2, 0.25) is 0 Å². The Bertz CT molecular complexity index is 719. The van der Waals surface area contributed by atoms with Crippen molar-refractivity contribution < 1.29 is 18.3 Å². The lowest BCUT2D eigenvalue weighted by atomic mass is 10.2. The summed E-state index contributed by atoms with van der Waals surface area (Å²) < 4.78 is 28.1. The third-order valence-corrected chi connectivity index (χ3v) is 3.90. The lowest BCUT2D eigenvalue weighted by Gasteiger charge is -2.05. The standard InChI is InChI=1S/C12H13N3O4S/c1-2-15-7-11(13-8-15)20(18,19)14-10-5-3-9(4-6-10)12(16)17/h3-8,14H,2H2,1H3,(H,16,17). The van der Waals surface area contributed by atoms with E-state index >= 15 is 0 Å². The van der Waals surface area contributed by atoms with E-state index in [9.17, 15) is 13.2 Å². The van der Waals surface area contributed by atoms with Crippen molar-refractivity contribution in [3.8, 4) is 0 Å². The fraction of sp³-hybridized carbons (Fsp3) is 0.167. The molecule has 8 heteroatoms. The second kappa shape index (κ2) is 5.33. The molecule has 0 atom stereocenters. The first-order valence-corrected chi connectivity index (χ1v) is 7.28. The molecule has 2 rings (SSSR count). The first kappa shape index (κ1) is 14.1. The molecular weight excluding hydrogens is 282 g/mol. The van der Waals surface area contributed by atoms with Crippen LogP contribution in [0.15, 0.2) is 41.8 Å². The van der Waals surface area contributed by atoms with Crippen LogP contribution in [0.2, 0.25) is 0 Å². The fourth-order valence-electron chi connectivity index (χ4n) is 1.54. The van der Waals surface area contributed by atoms with Crippen molar-refractivity contribution in [2.24, 2.45) is 0 Å². The number of hydrogen-bond acceptors (Lipinski definition) is 4. The smallest absolute Gasteiger partial charge is 0.335 e. The molecule has 0 fully saturated rings. The molecule has 7 nitrogen and oxygen atoms in total. The van der Waals surface area contributed by atoms with Crippen molar-refractivity contribution in [2.75, 3.05) is 4.72 Å². The van der Waals surface area contributed by atoms with E-state index in [1.54, 1.807) is 4.57 Å². The molecule has 0 aliphatic heterocycles. The van der Waals surface area contributed by atoms with Gasteiger partial charge in [-0.1, -0.05) is 0 Å². The molecule has 0 unspecified atom stereocenters. The molecule has 1 aromatic heterocycles. The van der Waals surface area contributed by atoms with Crippen molar-refractivity contribution in [2.45, 2.75) is 18.5 Å². The summed E-state index contributed by atoms with van der Waals surface area (Å²) in [5, 5.41) is 8.68. The van der Waals surface area contributed by atoms with Crippen LogP contribution in [0.4, 0.5) is 5.69 Å². The number of carbonyl (C=O) groups is 1. The Morgan fingerprint density at radius 1 is 1.35 bits per heavy atom. The Labute approximate surface area is 115 Å². The maximum Gasteiger partial charge on any atom is 0.335 e. The van der Waals surface area contributed by atoms with Crippen molar-refractivity contribution in [3.05, 3.63) is 42.4 Å². The zero-order valence-electron chi connectivity index (χ0n) is 10.6. The van der Waals surface area contributed by atoms with Gasteiger partial charge in [-0.25, -0.2) is 9.78 Å². The average molecular weight is 295 g/mol. The molecule has 0 radical (unpaired) electrons. The molecule has 1 heterocycles. The number of nitrogens with zero attached hydrogens (tertiary/aromatic N) is 2. The summed E-state index contributed by atoms with van der Waals surface area (Å²) >= 11 is 0. The van der Waals surface area contributed by atoms with Gasteiger partial charge < -0.3 is 9.67 Å². The van der Waals surface area contributed by atoms with E-state index in [-0.39, 0.29) is 16.3 Å². The van der Waals surface area contributed by atoms with Gasteiger partial charge in [0.1, 0.15) is 0 Å². The maximum absolute atomic E-state index is 12.0. The maximum atomic E-state index is 12.0. The third kappa shape index (κ3) is 2.97. The summed E-state index contributed by atoms with van der Waals surface area (Å²) in [6, 6.07) is 5.42. The number of benzene rings is 1. The Hall–Kier alpha value is -2.35. The Morgan fingerprint density at radius 2 is 2.00 bits per heavy atom. The van der Waals surface area contributed by atoms with E-state index in [4.69, 9.17) is 5.11 Å². The monoisotopic (exact) mass is 295 g/mol. The van der Waals surface area contributed by atoms with Gasteiger partial charge in [0.05, 0.1) is 11.9 Å². The highest BCUT2D eigenvalue weighted by atomic mass is 32.2. The average Bonchev–Trinajstić information content (AvgIpc) is 2.88. The lowest BCUT2D eigenvalue weighted by molar-refractivity contribution is 0.0697. The number of sulfonamides is 1. The van der Waals surface area contributed by atoms with Gasteiger partial charge in [0.15, 0.2) is 5.03 Å². The van der Waals surface area contributed by atoms with Gasteiger partial charge in [-0.2, -0.15) is 8.42 Å². The lowest BCUT2D eigenvalue weighted by Crippen LogP contribution is -2.13. The molecule has 106 valence electrons. The Balaban J connectivity index is 2.21. The molecule has 0 amide bonds.